The molecule has 0 bridgehead atoms. The lowest BCUT2D eigenvalue weighted by Crippen LogP contribution is -2.32. The van der Waals surface area contributed by atoms with Gasteiger partial charge in [0.15, 0.2) is 12.3 Å². The zero-order valence-corrected chi connectivity index (χ0v) is 18.5. The van der Waals surface area contributed by atoms with Crippen LogP contribution in [0.5, 0.6) is 5.75 Å². The Morgan fingerprint density at radius 1 is 1.15 bits per heavy atom. The predicted molar refractivity (Wildman–Crippen MR) is 112 cm³/mol. The van der Waals surface area contributed by atoms with Crippen LogP contribution in [0.3, 0.4) is 0 Å². The number of hydrogen-bond acceptors (Lipinski definition) is 6. The van der Waals surface area contributed by atoms with Crippen LogP contribution < -0.4 is 10.1 Å². The molecule has 2 heterocycles. The summed E-state index contributed by atoms with van der Waals surface area (Å²) in [6.45, 7) is -0.873. The first-order chi connectivity index (χ1) is 15.6. The predicted octanol–water partition coefficient (Wildman–Crippen LogP) is 4.31. The van der Waals surface area contributed by atoms with Crippen LogP contribution in [0.25, 0.3) is 0 Å². The van der Waals surface area contributed by atoms with Gasteiger partial charge >= 0.3 is 6.18 Å². The number of ether oxygens (including phenoxy) is 1. The van der Waals surface area contributed by atoms with E-state index in [-0.39, 0.29) is 27.9 Å². The highest BCUT2D eigenvalue weighted by molar-refractivity contribution is 7.89. The smallest absolute Gasteiger partial charge is 0.422 e. The molecule has 1 saturated heterocycles. The molecule has 1 N–H and O–H groups in total. The summed E-state index contributed by atoms with van der Waals surface area (Å²) in [4.78, 5) is 12.5. The number of anilines is 1. The molecule has 180 valence electrons. The number of halogens is 3. The van der Waals surface area contributed by atoms with Crippen LogP contribution in [-0.2, 0) is 10.0 Å². The molecule has 1 amide bonds. The molecule has 2 fully saturated rings. The first-order valence-corrected chi connectivity index (χ1v) is 12.2. The summed E-state index contributed by atoms with van der Waals surface area (Å²) in [6, 6.07) is 4.89. The topological polar surface area (TPSA) is 102 Å². The summed E-state index contributed by atoms with van der Waals surface area (Å²) >= 11 is 0. The summed E-state index contributed by atoms with van der Waals surface area (Å²) in [5.41, 5.74) is -0.254. The highest BCUT2D eigenvalue weighted by Gasteiger charge is 2.31. The van der Waals surface area contributed by atoms with Crippen LogP contribution in [0.1, 0.15) is 60.7 Å². The van der Waals surface area contributed by atoms with Gasteiger partial charge in [-0.15, -0.1) is 0 Å². The summed E-state index contributed by atoms with van der Waals surface area (Å²) in [5.74, 6) is -0.272. The van der Waals surface area contributed by atoms with Gasteiger partial charge in [-0.05, 0) is 43.9 Å². The zero-order chi connectivity index (χ0) is 23.6. The molecule has 12 heteroatoms. The highest BCUT2D eigenvalue weighted by Crippen LogP contribution is 2.40. The van der Waals surface area contributed by atoms with Gasteiger partial charge in [-0.25, -0.2) is 8.42 Å². The minimum Gasteiger partial charge on any atom is -0.482 e. The van der Waals surface area contributed by atoms with E-state index in [1.54, 1.807) is 0 Å². The Morgan fingerprint density at radius 2 is 1.85 bits per heavy atom. The number of carbonyl (C=O) groups excluding carboxylic acids is 1. The molecule has 1 saturated carbocycles. The van der Waals surface area contributed by atoms with Gasteiger partial charge in [-0.1, -0.05) is 18.0 Å². The maximum absolute atomic E-state index is 13.1. The third kappa shape index (κ3) is 5.85. The lowest BCUT2D eigenvalue weighted by molar-refractivity contribution is -0.153. The molecular weight excluding hydrogens is 463 g/mol. The van der Waals surface area contributed by atoms with Crippen LogP contribution in [0, 0.1) is 0 Å². The molecule has 1 aromatic carbocycles. The Labute approximate surface area is 189 Å². The number of alkyl halides is 3. The molecular formula is C21H24F3N3O5S. The van der Waals surface area contributed by atoms with E-state index in [0.717, 1.165) is 50.7 Å². The minimum absolute atomic E-state index is 0.0561. The van der Waals surface area contributed by atoms with Crippen molar-refractivity contribution in [1.29, 1.82) is 0 Å². The van der Waals surface area contributed by atoms with Crippen molar-refractivity contribution in [3.05, 3.63) is 35.7 Å². The fourth-order valence-electron chi connectivity index (χ4n) is 3.63. The van der Waals surface area contributed by atoms with Crippen LogP contribution in [-0.4, -0.2) is 49.7 Å². The summed E-state index contributed by atoms with van der Waals surface area (Å²) in [5, 5.41) is 6.14. The SMILES string of the molecule is O=C(Nc1cc(S(=O)(=O)N2CCCCCC2)ccc1OCC(F)(F)F)c1cc(C2CC2)on1. The van der Waals surface area contributed by atoms with E-state index in [1.807, 2.05) is 0 Å². The second-order valence-electron chi connectivity index (χ2n) is 8.22. The molecule has 0 unspecified atom stereocenters. The van der Waals surface area contributed by atoms with E-state index in [1.165, 1.54) is 16.4 Å². The van der Waals surface area contributed by atoms with Crippen molar-refractivity contribution in [2.24, 2.45) is 0 Å². The normalized spacial score (nSPS) is 18.0. The lowest BCUT2D eigenvalue weighted by Gasteiger charge is -2.21. The number of sulfonamides is 1. The van der Waals surface area contributed by atoms with Gasteiger partial charge in [0.05, 0.1) is 10.6 Å². The van der Waals surface area contributed by atoms with Gasteiger partial charge in [0.2, 0.25) is 10.0 Å². The highest BCUT2D eigenvalue weighted by atomic mass is 32.2. The Kier molecular flexibility index (Phi) is 6.66. The number of nitrogens with zero attached hydrogens (tertiary/aromatic N) is 2. The van der Waals surface area contributed by atoms with Crippen molar-refractivity contribution in [2.75, 3.05) is 25.0 Å². The van der Waals surface area contributed by atoms with Crippen molar-refractivity contribution in [3.63, 3.8) is 0 Å². The number of aromatic nitrogens is 1. The fourth-order valence-corrected chi connectivity index (χ4v) is 5.17. The molecule has 1 aliphatic carbocycles. The van der Waals surface area contributed by atoms with E-state index in [0.29, 0.717) is 18.8 Å². The van der Waals surface area contributed by atoms with Gasteiger partial charge in [0.25, 0.3) is 5.91 Å². The van der Waals surface area contributed by atoms with Gasteiger partial charge in [0, 0.05) is 25.1 Å². The number of rotatable bonds is 7. The van der Waals surface area contributed by atoms with Gasteiger partial charge < -0.3 is 14.6 Å². The second kappa shape index (κ2) is 9.34. The lowest BCUT2D eigenvalue weighted by atomic mass is 10.2. The molecule has 1 aromatic heterocycles. The first kappa shape index (κ1) is 23.6. The third-order valence-corrected chi connectivity index (χ3v) is 7.43. The fraction of sp³-hybridized carbons (Fsp3) is 0.524. The van der Waals surface area contributed by atoms with Crippen molar-refractivity contribution >= 4 is 21.6 Å². The standard InChI is InChI=1S/C21H24F3N3O5S/c22-21(23,24)13-31-18-8-7-15(33(29,30)27-9-3-1-2-4-10-27)11-16(18)25-20(28)17-12-19(32-26-17)14-5-6-14/h7-8,11-12,14H,1-6,9-10,13H2,(H,25,28). The van der Waals surface area contributed by atoms with Crippen LogP contribution >= 0.6 is 0 Å². The Bertz CT molecular complexity index is 1100. The Hall–Kier alpha value is -2.60. The van der Waals surface area contributed by atoms with Crippen LogP contribution in [0.4, 0.5) is 18.9 Å². The average molecular weight is 488 g/mol. The molecule has 2 aliphatic rings. The summed E-state index contributed by atoms with van der Waals surface area (Å²) < 4.78 is 75.7. The van der Waals surface area contributed by atoms with Gasteiger partial charge in [-0.3, -0.25) is 4.79 Å². The van der Waals surface area contributed by atoms with Crippen molar-refractivity contribution in [1.82, 2.24) is 9.46 Å². The average Bonchev–Trinajstić information content (AvgIpc) is 3.54. The second-order valence-corrected chi connectivity index (χ2v) is 10.2. The van der Waals surface area contributed by atoms with E-state index in [9.17, 15) is 26.4 Å². The number of amides is 1. The van der Waals surface area contributed by atoms with Gasteiger partial charge in [0.1, 0.15) is 11.5 Å². The Balaban J connectivity index is 1.61. The summed E-state index contributed by atoms with van der Waals surface area (Å²) in [6.07, 6.45) is 0.569. The number of carbonyl (C=O) groups is 1. The molecule has 8 nitrogen and oxygen atoms in total. The maximum atomic E-state index is 13.1. The molecule has 1 aliphatic heterocycles. The maximum Gasteiger partial charge on any atom is 0.422 e. The Morgan fingerprint density at radius 3 is 2.48 bits per heavy atom. The number of benzene rings is 1. The van der Waals surface area contributed by atoms with Crippen LogP contribution in [0.15, 0.2) is 33.7 Å². The van der Waals surface area contributed by atoms with Crippen molar-refractivity contribution < 1.29 is 35.6 Å². The molecule has 4 rings (SSSR count). The molecule has 0 radical (unpaired) electrons. The van der Waals surface area contributed by atoms with Gasteiger partial charge in [-0.2, -0.15) is 17.5 Å². The number of nitrogens with one attached hydrogen (secondary N) is 1. The first-order valence-electron chi connectivity index (χ1n) is 10.8. The van der Waals surface area contributed by atoms with E-state index in [4.69, 9.17) is 9.26 Å². The molecule has 0 spiro atoms. The molecule has 2 aromatic rings. The monoisotopic (exact) mass is 487 g/mol. The zero-order valence-electron chi connectivity index (χ0n) is 17.7. The van der Waals surface area contributed by atoms with E-state index >= 15 is 0 Å². The van der Waals surface area contributed by atoms with E-state index in [2.05, 4.69) is 10.5 Å². The molecule has 33 heavy (non-hydrogen) atoms. The van der Waals surface area contributed by atoms with Crippen LogP contribution in [0.2, 0.25) is 0 Å². The van der Waals surface area contributed by atoms with E-state index < -0.39 is 28.7 Å². The third-order valence-electron chi connectivity index (χ3n) is 5.53. The minimum atomic E-state index is -4.61. The summed E-state index contributed by atoms with van der Waals surface area (Å²) in [7, 11) is -3.90. The van der Waals surface area contributed by atoms with Crippen molar-refractivity contribution in [2.45, 2.75) is 55.5 Å². The largest absolute Gasteiger partial charge is 0.482 e. The number of hydrogen-bond donors (Lipinski definition) is 1. The molecule has 0 atom stereocenters. The van der Waals surface area contributed by atoms with Crippen molar-refractivity contribution in [3.8, 4) is 5.75 Å². The quantitative estimate of drug-likeness (QED) is 0.625.